The van der Waals surface area contributed by atoms with Gasteiger partial charge in [-0.3, -0.25) is 4.79 Å². The molecule has 0 unspecified atom stereocenters. The van der Waals surface area contributed by atoms with Gasteiger partial charge in [0, 0.05) is 23.1 Å². The summed E-state index contributed by atoms with van der Waals surface area (Å²) in [5.74, 6) is -0.889. The van der Waals surface area contributed by atoms with E-state index in [1.165, 1.54) is 31.4 Å². The van der Waals surface area contributed by atoms with Crippen molar-refractivity contribution in [2.45, 2.75) is 4.90 Å². The largest absolute Gasteiger partial charge is 0.495 e. The molecule has 4 aromatic rings. The summed E-state index contributed by atoms with van der Waals surface area (Å²) in [5, 5.41) is 4.43. The third-order valence-electron chi connectivity index (χ3n) is 4.83. The maximum atomic E-state index is 12.4. The lowest BCUT2D eigenvalue weighted by atomic mass is 10.1. The van der Waals surface area contributed by atoms with E-state index < -0.39 is 28.3 Å². The molecule has 1 N–H and O–H groups in total. The highest BCUT2D eigenvalue weighted by Gasteiger charge is 2.16. The number of nitrogens with one attached hydrogen (secondary N) is 1. The van der Waals surface area contributed by atoms with Gasteiger partial charge in [0.1, 0.15) is 16.9 Å². The van der Waals surface area contributed by atoms with Gasteiger partial charge in [-0.15, -0.1) is 0 Å². The van der Waals surface area contributed by atoms with E-state index in [2.05, 4.69) is 5.32 Å². The SMILES string of the molecule is COc1cc2c(cc1NC(=O)COC(=O)c1ccc(S(C)(=O)=O)cc1)oc1ccccc12. The van der Waals surface area contributed by atoms with E-state index in [-0.39, 0.29) is 10.5 Å². The molecule has 0 saturated carbocycles. The summed E-state index contributed by atoms with van der Waals surface area (Å²) >= 11 is 0. The fourth-order valence-electron chi connectivity index (χ4n) is 3.26. The molecule has 0 atom stereocenters. The Labute approximate surface area is 183 Å². The number of furan rings is 1. The summed E-state index contributed by atoms with van der Waals surface area (Å²) < 4.78 is 39.3. The first-order valence-corrected chi connectivity index (χ1v) is 11.4. The van der Waals surface area contributed by atoms with Crippen molar-refractivity contribution in [1.29, 1.82) is 0 Å². The van der Waals surface area contributed by atoms with Crippen LogP contribution in [0.1, 0.15) is 10.4 Å². The number of rotatable bonds is 6. The maximum absolute atomic E-state index is 12.4. The first kappa shape index (κ1) is 21.4. The maximum Gasteiger partial charge on any atom is 0.338 e. The Bertz CT molecular complexity index is 1440. The second-order valence-corrected chi connectivity index (χ2v) is 9.08. The molecule has 0 radical (unpaired) electrons. The van der Waals surface area contributed by atoms with Crippen molar-refractivity contribution in [2.75, 3.05) is 25.3 Å². The highest BCUT2D eigenvalue weighted by Crippen LogP contribution is 2.36. The average Bonchev–Trinajstić information content (AvgIpc) is 3.13. The van der Waals surface area contributed by atoms with Crippen molar-refractivity contribution in [1.82, 2.24) is 0 Å². The van der Waals surface area contributed by atoms with E-state index in [1.54, 1.807) is 12.1 Å². The number of carbonyl (C=O) groups excluding carboxylic acids is 2. The lowest BCUT2D eigenvalue weighted by Crippen LogP contribution is -2.21. The van der Waals surface area contributed by atoms with Gasteiger partial charge in [-0.05, 0) is 36.4 Å². The number of esters is 1. The van der Waals surface area contributed by atoms with E-state index in [0.717, 1.165) is 17.0 Å². The second-order valence-electron chi connectivity index (χ2n) is 7.07. The minimum Gasteiger partial charge on any atom is -0.495 e. The molecular formula is C23H19NO7S. The van der Waals surface area contributed by atoms with Crippen LogP contribution in [0.15, 0.2) is 70.0 Å². The van der Waals surface area contributed by atoms with E-state index in [9.17, 15) is 18.0 Å². The number of para-hydroxylation sites is 1. The van der Waals surface area contributed by atoms with Crippen LogP contribution in [-0.4, -0.2) is 40.3 Å². The molecule has 0 aliphatic heterocycles. The van der Waals surface area contributed by atoms with Gasteiger partial charge in [-0.25, -0.2) is 13.2 Å². The number of fused-ring (bicyclic) bond motifs is 3. The number of hydrogen-bond donors (Lipinski definition) is 1. The van der Waals surface area contributed by atoms with Crippen LogP contribution in [0.5, 0.6) is 5.75 Å². The summed E-state index contributed by atoms with van der Waals surface area (Å²) in [6.45, 7) is -0.534. The molecule has 0 bridgehead atoms. The molecule has 1 aromatic heterocycles. The molecule has 0 spiro atoms. The van der Waals surface area contributed by atoms with Gasteiger partial charge in [0.05, 0.1) is 23.3 Å². The summed E-state index contributed by atoms with van der Waals surface area (Å²) in [4.78, 5) is 24.6. The average molecular weight is 453 g/mol. The number of ether oxygens (including phenoxy) is 2. The minimum atomic E-state index is -3.37. The van der Waals surface area contributed by atoms with Crippen LogP contribution in [0.25, 0.3) is 21.9 Å². The monoisotopic (exact) mass is 453 g/mol. The molecule has 1 amide bonds. The highest BCUT2D eigenvalue weighted by atomic mass is 32.2. The Morgan fingerprint density at radius 3 is 2.38 bits per heavy atom. The number of methoxy groups -OCH3 is 1. The summed E-state index contributed by atoms with van der Waals surface area (Å²) in [6, 6.07) is 16.2. The number of carbonyl (C=O) groups is 2. The van der Waals surface area contributed by atoms with Gasteiger partial charge in [-0.1, -0.05) is 18.2 Å². The van der Waals surface area contributed by atoms with E-state index in [4.69, 9.17) is 13.9 Å². The zero-order valence-electron chi connectivity index (χ0n) is 17.2. The van der Waals surface area contributed by atoms with Crippen molar-refractivity contribution >= 4 is 49.3 Å². The summed E-state index contributed by atoms with van der Waals surface area (Å²) in [6.07, 6.45) is 1.07. The first-order valence-electron chi connectivity index (χ1n) is 9.52. The third-order valence-corrected chi connectivity index (χ3v) is 5.95. The Morgan fingerprint density at radius 1 is 0.969 bits per heavy atom. The third kappa shape index (κ3) is 4.28. The lowest BCUT2D eigenvalue weighted by molar-refractivity contribution is -0.119. The number of benzene rings is 3. The Hall–Kier alpha value is -3.85. The number of hydrogen-bond acceptors (Lipinski definition) is 7. The van der Waals surface area contributed by atoms with E-state index in [0.29, 0.717) is 22.6 Å². The molecule has 0 aliphatic carbocycles. The fraction of sp³-hybridized carbons (Fsp3) is 0.130. The van der Waals surface area contributed by atoms with Crippen molar-refractivity contribution in [2.24, 2.45) is 0 Å². The smallest absolute Gasteiger partial charge is 0.338 e. The van der Waals surface area contributed by atoms with Crippen LogP contribution < -0.4 is 10.1 Å². The second kappa shape index (κ2) is 8.35. The molecule has 9 heteroatoms. The van der Waals surface area contributed by atoms with Gasteiger partial charge >= 0.3 is 5.97 Å². The van der Waals surface area contributed by atoms with Crippen LogP contribution in [0.4, 0.5) is 5.69 Å². The van der Waals surface area contributed by atoms with Crippen LogP contribution in [0.2, 0.25) is 0 Å². The quantitative estimate of drug-likeness (QED) is 0.442. The van der Waals surface area contributed by atoms with Crippen LogP contribution in [0.3, 0.4) is 0 Å². The summed E-state index contributed by atoms with van der Waals surface area (Å²) in [7, 11) is -1.89. The van der Waals surface area contributed by atoms with E-state index in [1.807, 2.05) is 24.3 Å². The van der Waals surface area contributed by atoms with Crippen molar-refractivity contribution in [3.63, 3.8) is 0 Å². The highest BCUT2D eigenvalue weighted by molar-refractivity contribution is 7.90. The lowest BCUT2D eigenvalue weighted by Gasteiger charge is -2.11. The molecule has 1 heterocycles. The molecule has 8 nitrogen and oxygen atoms in total. The van der Waals surface area contributed by atoms with Crippen molar-refractivity contribution in [3.8, 4) is 5.75 Å². The molecule has 0 fully saturated rings. The molecule has 3 aromatic carbocycles. The predicted octanol–water partition coefficient (Wildman–Crippen LogP) is 3.79. The van der Waals surface area contributed by atoms with Gasteiger partial charge in [-0.2, -0.15) is 0 Å². The number of amides is 1. The molecule has 32 heavy (non-hydrogen) atoms. The molecular weight excluding hydrogens is 434 g/mol. The van der Waals surface area contributed by atoms with E-state index >= 15 is 0 Å². The zero-order valence-corrected chi connectivity index (χ0v) is 18.1. The minimum absolute atomic E-state index is 0.0832. The number of anilines is 1. The molecule has 0 aliphatic rings. The van der Waals surface area contributed by atoms with Gasteiger partial charge in [0.25, 0.3) is 5.91 Å². The zero-order chi connectivity index (χ0) is 22.9. The van der Waals surface area contributed by atoms with Gasteiger partial charge in [0.15, 0.2) is 16.4 Å². The topological polar surface area (TPSA) is 112 Å². The Kier molecular flexibility index (Phi) is 5.58. The van der Waals surface area contributed by atoms with Gasteiger partial charge < -0.3 is 19.2 Å². The standard InChI is InChI=1S/C23H19NO7S/c1-29-21-11-17-16-5-3-4-6-19(16)31-20(17)12-18(21)24-22(25)13-30-23(26)14-7-9-15(10-8-14)32(2,27)28/h3-12H,13H2,1-2H3,(H,24,25). The van der Waals surface area contributed by atoms with Crippen LogP contribution >= 0.6 is 0 Å². The first-order chi connectivity index (χ1) is 15.3. The normalized spacial score (nSPS) is 11.4. The predicted molar refractivity (Wildman–Crippen MR) is 119 cm³/mol. The van der Waals surface area contributed by atoms with Crippen molar-refractivity contribution < 1.29 is 31.9 Å². The fourth-order valence-corrected chi connectivity index (χ4v) is 3.89. The van der Waals surface area contributed by atoms with Crippen molar-refractivity contribution in [3.05, 3.63) is 66.2 Å². The summed E-state index contributed by atoms with van der Waals surface area (Å²) in [5.41, 5.74) is 1.79. The molecule has 164 valence electrons. The van der Waals surface area contributed by atoms with Crippen LogP contribution in [0, 0.1) is 0 Å². The molecule has 0 saturated heterocycles. The van der Waals surface area contributed by atoms with Crippen LogP contribution in [-0.2, 0) is 19.4 Å². The molecule has 4 rings (SSSR count). The Balaban J connectivity index is 1.46. The Morgan fingerprint density at radius 2 is 1.69 bits per heavy atom. The van der Waals surface area contributed by atoms with Gasteiger partial charge in [0.2, 0.25) is 0 Å². The number of sulfone groups is 1.